The Morgan fingerprint density at radius 1 is 1.53 bits per heavy atom. The van der Waals surface area contributed by atoms with Gasteiger partial charge in [0.15, 0.2) is 0 Å². The molecule has 0 heterocycles. The summed E-state index contributed by atoms with van der Waals surface area (Å²) in [6.45, 7) is 1.23. The van der Waals surface area contributed by atoms with Crippen molar-refractivity contribution in [3.8, 4) is 0 Å². The second kappa shape index (κ2) is 5.77. The smallest absolute Gasteiger partial charge is 0.315 e. The minimum Gasteiger partial charge on any atom is -0.481 e. The number of benzene rings is 1. The van der Waals surface area contributed by atoms with Crippen LogP contribution in [0.2, 0.25) is 0 Å². The number of rotatable bonds is 4. The van der Waals surface area contributed by atoms with Crippen LogP contribution in [0.1, 0.15) is 12.5 Å². The number of halogens is 2. The number of carbonyl (C=O) groups excluding carboxylic acids is 1. The zero-order valence-electron chi connectivity index (χ0n) is 9.04. The molecule has 1 atom stereocenters. The van der Waals surface area contributed by atoms with Gasteiger partial charge in [0.1, 0.15) is 11.7 Å². The van der Waals surface area contributed by atoms with Gasteiger partial charge >= 0.3 is 5.97 Å². The van der Waals surface area contributed by atoms with Crippen molar-refractivity contribution in [3.63, 3.8) is 0 Å². The lowest BCUT2D eigenvalue weighted by molar-refractivity contribution is -0.146. The fourth-order valence-corrected chi connectivity index (χ4v) is 1.53. The molecule has 0 aliphatic rings. The molecule has 0 radical (unpaired) electrons. The summed E-state index contributed by atoms with van der Waals surface area (Å²) in [6, 6.07) is 4.34. The first kappa shape index (κ1) is 13.6. The van der Waals surface area contributed by atoms with Crippen molar-refractivity contribution in [2.24, 2.45) is 5.92 Å². The van der Waals surface area contributed by atoms with Crippen LogP contribution < -0.4 is 5.32 Å². The number of carbonyl (C=O) groups is 2. The molecule has 2 N–H and O–H groups in total. The van der Waals surface area contributed by atoms with Gasteiger partial charge in [0, 0.05) is 16.6 Å². The lowest BCUT2D eigenvalue weighted by atomic mass is 10.1. The van der Waals surface area contributed by atoms with Crippen LogP contribution in [-0.2, 0) is 16.1 Å². The summed E-state index contributed by atoms with van der Waals surface area (Å²) in [7, 11) is 0. The van der Waals surface area contributed by atoms with Gasteiger partial charge in [0.05, 0.1) is 0 Å². The molecule has 1 aromatic carbocycles. The SMILES string of the molecule is CC(C(=O)O)C(=O)NCc1cc(Br)ccc1F. The van der Waals surface area contributed by atoms with Gasteiger partial charge in [-0.15, -0.1) is 0 Å². The Balaban J connectivity index is 2.64. The van der Waals surface area contributed by atoms with Gasteiger partial charge in [0.25, 0.3) is 0 Å². The summed E-state index contributed by atoms with van der Waals surface area (Å²) in [5.41, 5.74) is 0.297. The third-order valence-corrected chi connectivity index (χ3v) is 2.72. The predicted octanol–water partition coefficient (Wildman–Crippen LogP) is 1.93. The van der Waals surface area contributed by atoms with E-state index in [2.05, 4.69) is 21.2 Å². The van der Waals surface area contributed by atoms with Gasteiger partial charge in [-0.25, -0.2) is 4.39 Å². The maximum Gasteiger partial charge on any atom is 0.315 e. The number of amides is 1. The number of hydrogen-bond donors (Lipinski definition) is 2. The van der Waals surface area contributed by atoms with E-state index < -0.39 is 23.6 Å². The molecule has 17 heavy (non-hydrogen) atoms. The average Bonchev–Trinajstić information content (AvgIpc) is 2.28. The van der Waals surface area contributed by atoms with E-state index in [0.717, 1.165) is 0 Å². The van der Waals surface area contributed by atoms with Crippen LogP contribution in [0.3, 0.4) is 0 Å². The van der Waals surface area contributed by atoms with Crippen LogP contribution in [0.5, 0.6) is 0 Å². The average molecular weight is 304 g/mol. The first-order chi connectivity index (χ1) is 7.91. The van der Waals surface area contributed by atoms with E-state index in [1.54, 1.807) is 6.07 Å². The van der Waals surface area contributed by atoms with E-state index in [1.165, 1.54) is 19.1 Å². The van der Waals surface area contributed by atoms with Crippen LogP contribution in [0, 0.1) is 11.7 Å². The molecule has 4 nitrogen and oxygen atoms in total. The first-order valence-corrected chi connectivity index (χ1v) is 5.65. The molecule has 0 bridgehead atoms. The minimum absolute atomic E-state index is 0.0400. The van der Waals surface area contributed by atoms with E-state index in [-0.39, 0.29) is 6.54 Å². The van der Waals surface area contributed by atoms with Crippen LogP contribution in [0.25, 0.3) is 0 Å². The fraction of sp³-hybridized carbons (Fsp3) is 0.273. The molecule has 6 heteroatoms. The Bertz CT molecular complexity index is 450. The lowest BCUT2D eigenvalue weighted by Gasteiger charge is -2.09. The van der Waals surface area contributed by atoms with Crippen LogP contribution in [-0.4, -0.2) is 17.0 Å². The van der Waals surface area contributed by atoms with E-state index in [0.29, 0.717) is 10.0 Å². The molecule has 92 valence electrons. The normalized spacial score (nSPS) is 11.9. The topological polar surface area (TPSA) is 66.4 Å². The van der Waals surface area contributed by atoms with Gasteiger partial charge in [-0.05, 0) is 25.1 Å². The molecule has 0 aromatic heterocycles. The van der Waals surface area contributed by atoms with Gasteiger partial charge in [-0.1, -0.05) is 15.9 Å². The number of carboxylic acid groups (broad SMARTS) is 1. The predicted molar refractivity (Wildman–Crippen MR) is 62.7 cm³/mol. The van der Waals surface area contributed by atoms with Gasteiger partial charge in [0.2, 0.25) is 5.91 Å². The van der Waals surface area contributed by atoms with Crippen LogP contribution >= 0.6 is 15.9 Å². The van der Waals surface area contributed by atoms with Crippen molar-refractivity contribution in [3.05, 3.63) is 34.1 Å². The minimum atomic E-state index is -1.21. The number of aliphatic carboxylic acids is 1. The number of nitrogens with one attached hydrogen (secondary N) is 1. The summed E-state index contributed by atoms with van der Waals surface area (Å²) in [5, 5.41) is 11.0. The molecule has 0 aliphatic heterocycles. The second-order valence-electron chi connectivity index (χ2n) is 3.51. The second-order valence-corrected chi connectivity index (χ2v) is 4.43. The highest BCUT2D eigenvalue weighted by atomic mass is 79.9. The molecular formula is C11H11BrFNO3. The standard InChI is InChI=1S/C11H11BrFNO3/c1-6(11(16)17)10(15)14-5-7-4-8(12)2-3-9(7)13/h2-4,6H,5H2,1H3,(H,14,15)(H,16,17). The molecule has 0 aliphatic carbocycles. The number of hydrogen-bond acceptors (Lipinski definition) is 2. The molecule has 1 amide bonds. The molecular weight excluding hydrogens is 293 g/mol. The fourth-order valence-electron chi connectivity index (χ4n) is 1.13. The Labute approximate surface area is 106 Å². The van der Waals surface area contributed by atoms with E-state index in [9.17, 15) is 14.0 Å². The van der Waals surface area contributed by atoms with Crippen molar-refractivity contribution >= 4 is 27.8 Å². The highest BCUT2D eigenvalue weighted by Crippen LogP contribution is 2.15. The Hall–Kier alpha value is -1.43. The molecule has 0 saturated heterocycles. The van der Waals surface area contributed by atoms with Crippen molar-refractivity contribution in [2.45, 2.75) is 13.5 Å². The molecule has 0 fully saturated rings. The van der Waals surface area contributed by atoms with Crippen molar-refractivity contribution in [1.29, 1.82) is 0 Å². The monoisotopic (exact) mass is 303 g/mol. The summed E-state index contributed by atoms with van der Waals surface area (Å²) in [5.74, 6) is -3.45. The van der Waals surface area contributed by atoms with Crippen LogP contribution in [0.4, 0.5) is 4.39 Å². The lowest BCUT2D eigenvalue weighted by Crippen LogP contribution is -2.33. The molecule has 0 saturated carbocycles. The summed E-state index contributed by atoms with van der Waals surface area (Å²) < 4.78 is 14.0. The maximum absolute atomic E-state index is 13.3. The number of carboxylic acids is 1. The summed E-state index contributed by atoms with van der Waals surface area (Å²) >= 11 is 3.18. The van der Waals surface area contributed by atoms with E-state index in [1.807, 2.05) is 0 Å². The van der Waals surface area contributed by atoms with Gasteiger partial charge < -0.3 is 10.4 Å². The Morgan fingerprint density at radius 2 is 2.18 bits per heavy atom. The van der Waals surface area contributed by atoms with Crippen LogP contribution in [0.15, 0.2) is 22.7 Å². The van der Waals surface area contributed by atoms with Crippen molar-refractivity contribution in [2.75, 3.05) is 0 Å². The molecule has 1 rings (SSSR count). The van der Waals surface area contributed by atoms with Crippen molar-refractivity contribution in [1.82, 2.24) is 5.32 Å². The zero-order chi connectivity index (χ0) is 13.0. The molecule has 1 unspecified atom stereocenters. The van der Waals surface area contributed by atoms with Gasteiger partial charge in [-0.2, -0.15) is 0 Å². The van der Waals surface area contributed by atoms with Gasteiger partial charge in [-0.3, -0.25) is 9.59 Å². The quantitative estimate of drug-likeness (QED) is 0.835. The largest absolute Gasteiger partial charge is 0.481 e. The Kier molecular flexibility index (Phi) is 4.62. The van der Waals surface area contributed by atoms with E-state index >= 15 is 0 Å². The third-order valence-electron chi connectivity index (χ3n) is 2.22. The first-order valence-electron chi connectivity index (χ1n) is 4.86. The third kappa shape index (κ3) is 3.81. The summed E-state index contributed by atoms with van der Waals surface area (Å²) in [6.07, 6.45) is 0. The Morgan fingerprint density at radius 3 is 2.76 bits per heavy atom. The van der Waals surface area contributed by atoms with E-state index in [4.69, 9.17) is 5.11 Å². The summed E-state index contributed by atoms with van der Waals surface area (Å²) in [4.78, 5) is 21.9. The van der Waals surface area contributed by atoms with Crippen molar-refractivity contribution < 1.29 is 19.1 Å². The maximum atomic E-state index is 13.3. The highest BCUT2D eigenvalue weighted by molar-refractivity contribution is 9.10. The zero-order valence-corrected chi connectivity index (χ0v) is 10.6. The molecule has 0 spiro atoms. The molecule has 1 aromatic rings. The highest BCUT2D eigenvalue weighted by Gasteiger charge is 2.20.